The van der Waals surface area contributed by atoms with Crippen molar-refractivity contribution in [1.29, 1.82) is 0 Å². The van der Waals surface area contributed by atoms with Gasteiger partial charge in [0.05, 0.1) is 41.8 Å². The Bertz CT molecular complexity index is 771. The molecular weight excluding hydrogens is 262 g/mol. The summed E-state index contributed by atoms with van der Waals surface area (Å²) >= 11 is 0. The van der Waals surface area contributed by atoms with E-state index in [-0.39, 0.29) is 0 Å². The highest BCUT2D eigenvalue weighted by Gasteiger charge is 2.06. The first-order valence-electron chi connectivity index (χ1n) is 6.87. The summed E-state index contributed by atoms with van der Waals surface area (Å²) in [6.07, 6.45) is 0. The van der Waals surface area contributed by atoms with Crippen LogP contribution in [0.15, 0.2) is 48.5 Å². The van der Waals surface area contributed by atoms with Gasteiger partial charge in [-0.1, -0.05) is 24.3 Å². The third-order valence-corrected chi connectivity index (χ3v) is 3.40. The Balaban J connectivity index is 1.86. The monoisotopic (exact) mass is 279 g/mol. The summed E-state index contributed by atoms with van der Waals surface area (Å²) in [5.41, 5.74) is 4.68. The summed E-state index contributed by atoms with van der Waals surface area (Å²) in [5, 5.41) is 3.36. The van der Waals surface area contributed by atoms with Crippen LogP contribution in [-0.4, -0.2) is 17.1 Å². The van der Waals surface area contributed by atoms with Crippen molar-refractivity contribution in [2.75, 3.05) is 12.4 Å². The molecule has 4 heteroatoms. The molecule has 0 radical (unpaired) electrons. The summed E-state index contributed by atoms with van der Waals surface area (Å²) in [4.78, 5) is 9.28. The zero-order valence-electron chi connectivity index (χ0n) is 12.1. The lowest BCUT2D eigenvalue weighted by Gasteiger charge is -2.12. The predicted octanol–water partition coefficient (Wildman–Crippen LogP) is 3.56. The number of methoxy groups -OCH3 is 1. The van der Waals surface area contributed by atoms with Crippen LogP contribution in [0.1, 0.15) is 11.4 Å². The maximum Gasteiger partial charge on any atom is 0.141 e. The number of para-hydroxylation sites is 4. The first-order valence-corrected chi connectivity index (χ1v) is 6.87. The van der Waals surface area contributed by atoms with E-state index in [1.807, 2.05) is 55.5 Å². The van der Waals surface area contributed by atoms with Crippen LogP contribution in [0.2, 0.25) is 0 Å². The van der Waals surface area contributed by atoms with Gasteiger partial charge in [-0.15, -0.1) is 0 Å². The van der Waals surface area contributed by atoms with Crippen molar-refractivity contribution in [3.63, 3.8) is 0 Å². The zero-order chi connectivity index (χ0) is 14.7. The second-order valence-corrected chi connectivity index (χ2v) is 4.80. The van der Waals surface area contributed by atoms with Crippen LogP contribution >= 0.6 is 0 Å². The molecule has 0 atom stereocenters. The van der Waals surface area contributed by atoms with Gasteiger partial charge in [-0.25, -0.2) is 9.97 Å². The molecular formula is C17H17N3O. The van der Waals surface area contributed by atoms with Crippen molar-refractivity contribution in [1.82, 2.24) is 9.97 Å². The number of rotatable bonds is 4. The number of nitrogens with zero attached hydrogens (tertiary/aromatic N) is 2. The molecule has 0 fully saturated rings. The molecule has 4 nitrogen and oxygen atoms in total. The smallest absolute Gasteiger partial charge is 0.141 e. The maximum absolute atomic E-state index is 5.34. The molecule has 1 heterocycles. The molecule has 21 heavy (non-hydrogen) atoms. The number of anilines is 1. The summed E-state index contributed by atoms with van der Waals surface area (Å²) in [7, 11) is 1.67. The Hall–Kier alpha value is -2.62. The van der Waals surface area contributed by atoms with E-state index >= 15 is 0 Å². The van der Waals surface area contributed by atoms with E-state index in [0.717, 1.165) is 33.9 Å². The summed E-state index contributed by atoms with van der Waals surface area (Å²) in [5.74, 6) is 0.823. The first-order chi connectivity index (χ1) is 10.3. The van der Waals surface area contributed by atoms with Crippen LogP contribution in [0.25, 0.3) is 11.0 Å². The SMILES string of the molecule is COc1ccccc1NCc1nc2ccccc2nc1C. The number of hydrogen-bond acceptors (Lipinski definition) is 4. The van der Waals surface area contributed by atoms with E-state index in [1.165, 1.54) is 0 Å². The average Bonchev–Trinajstić information content (AvgIpc) is 2.53. The van der Waals surface area contributed by atoms with E-state index in [4.69, 9.17) is 4.74 Å². The molecule has 0 spiro atoms. The second-order valence-electron chi connectivity index (χ2n) is 4.80. The summed E-state index contributed by atoms with van der Waals surface area (Å²) < 4.78 is 5.34. The minimum Gasteiger partial charge on any atom is -0.495 e. The molecule has 0 aliphatic carbocycles. The number of aromatic nitrogens is 2. The molecule has 1 aromatic heterocycles. The Morgan fingerprint density at radius 1 is 0.952 bits per heavy atom. The van der Waals surface area contributed by atoms with Crippen molar-refractivity contribution in [2.45, 2.75) is 13.5 Å². The number of ether oxygens (including phenoxy) is 1. The Morgan fingerprint density at radius 2 is 1.62 bits per heavy atom. The topological polar surface area (TPSA) is 47.0 Å². The first kappa shape index (κ1) is 13.4. The number of hydrogen-bond donors (Lipinski definition) is 1. The van der Waals surface area contributed by atoms with Gasteiger partial charge in [-0.05, 0) is 31.2 Å². The highest BCUT2D eigenvalue weighted by atomic mass is 16.5. The molecule has 2 aromatic carbocycles. The van der Waals surface area contributed by atoms with Gasteiger partial charge in [0, 0.05) is 0 Å². The third-order valence-electron chi connectivity index (χ3n) is 3.40. The molecule has 3 aromatic rings. The minimum atomic E-state index is 0.615. The number of aryl methyl sites for hydroxylation is 1. The highest BCUT2D eigenvalue weighted by Crippen LogP contribution is 2.24. The van der Waals surface area contributed by atoms with E-state index in [9.17, 15) is 0 Å². The van der Waals surface area contributed by atoms with Crippen LogP contribution in [-0.2, 0) is 6.54 Å². The second kappa shape index (κ2) is 5.79. The van der Waals surface area contributed by atoms with Gasteiger partial charge in [0.1, 0.15) is 5.75 Å². The van der Waals surface area contributed by atoms with E-state index in [0.29, 0.717) is 6.54 Å². The fourth-order valence-corrected chi connectivity index (χ4v) is 2.26. The number of fused-ring (bicyclic) bond motifs is 1. The fraction of sp³-hybridized carbons (Fsp3) is 0.176. The Kier molecular flexibility index (Phi) is 3.69. The van der Waals surface area contributed by atoms with E-state index in [1.54, 1.807) is 7.11 Å². The summed E-state index contributed by atoms with van der Waals surface area (Å²) in [6.45, 7) is 2.60. The van der Waals surface area contributed by atoms with E-state index < -0.39 is 0 Å². The molecule has 3 rings (SSSR count). The van der Waals surface area contributed by atoms with Crippen molar-refractivity contribution < 1.29 is 4.74 Å². The molecule has 0 bridgehead atoms. The predicted molar refractivity (Wildman–Crippen MR) is 84.6 cm³/mol. The van der Waals surface area contributed by atoms with Crippen LogP contribution in [0.5, 0.6) is 5.75 Å². The molecule has 0 saturated heterocycles. The van der Waals surface area contributed by atoms with Gasteiger partial charge >= 0.3 is 0 Å². The van der Waals surface area contributed by atoms with E-state index in [2.05, 4.69) is 15.3 Å². The fourth-order valence-electron chi connectivity index (χ4n) is 2.26. The van der Waals surface area contributed by atoms with Crippen LogP contribution in [0, 0.1) is 6.92 Å². The quantitative estimate of drug-likeness (QED) is 0.793. The Morgan fingerprint density at radius 3 is 2.38 bits per heavy atom. The minimum absolute atomic E-state index is 0.615. The van der Waals surface area contributed by atoms with Gasteiger partial charge in [0.25, 0.3) is 0 Å². The number of benzene rings is 2. The van der Waals surface area contributed by atoms with Gasteiger partial charge < -0.3 is 10.1 Å². The van der Waals surface area contributed by atoms with Gasteiger partial charge in [-0.2, -0.15) is 0 Å². The lowest BCUT2D eigenvalue weighted by molar-refractivity contribution is 0.416. The van der Waals surface area contributed by atoms with Crippen molar-refractivity contribution in [3.05, 3.63) is 59.9 Å². The summed E-state index contributed by atoms with van der Waals surface area (Å²) in [6, 6.07) is 15.8. The normalized spacial score (nSPS) is 10.6. The van der Waals surface area contributed by atoms with Crippen LogP contribution in [0.4, 0.5) is 5.69 Å². The standard InChI is InChI=1S/C17H17N3O/c1-12-16(20-14-8-4-3-7-13(14)19-12)11-18-15-9-5-6-10-17(15)21-2/h3-10,18H,11H2,1-2H3. The van der Waals surface area contributed by atoms with Crippen LogP contribution < -0.4 is 10.1 Å². The lowest BCUT2D eigenvalue weighted by atomic mass is 10.2. The van der Waals surface area contributed by atoms with Gasteiger partial charge in [0.15, 0.2) is 0 Å². The maximum atomic E-state index is 5.34. The van der Waals surface area contributed by atoms with Crippen molar-refractivity contribution in [2.24, 2.45) is 0 Å². The third kappa shape index (κ3) is 2.79. The molecule has 0 amide bonds. The van der Waals surface area contributed by atoms with Crippen molar-refractivity contribution >= 4 is 16.7 Å². The molecule has 106 valence electrons. The molecule has 0 aliphatic rings. The Labute approximate surface area is 123 Å². The average molecular weight is 279 g/mol. The molecule has 0 unspecified atom stereocenters. The van der Waals surface area contributed by atoms with Crippen molar-refractivity contribution in [3.8, 4) is 5.75 Å². The van der Waals surface area contributed by atoms with Crippen LogP contribution in [0.3, 0.4) is 0 Å². The highest BCUT2D eigenvalue weighted by molar-refractivity contribution is 5.74. The van der Waals surface area contributed by atoms with Gasteiger partial charge in [-0.3, -0.25) is 0 Å². The number of nitrogens with one attached hydrogen (secondary N) is 1. The zero-order valence-corrected chi connectivity index (χ0v) is 12.1. The molecule has 0 aliphatic heterocycles. The largest absolute Gasteiger partial charge is 0.495 e. The molecule has 1 N–H and O–H groups in total. The molecule has 0 saturated carbocycles. The lowest BCUT2D eigenvalue weighted by Crippen LogP contribution is -2.06. The van der Waals surface area contributed by atoms with Gasteiger partial charge in [0.2, 0.25) is 0 Å².